The highest BCUT2D eigenvalue weighted by atomic mass is 79.9. The highest BCUT2D eigenvalue weighted by Gasteiger charge is 2.20. The van der Waals surface area contributed by atoms with Gasteiger partial charge in [-0.25, -0.2) is 4.79 Å². The molecule has 1 atom stereocenters. The molecule has 2 N–H and O–H groups in total. The lowest BCUT2D eigenvalue weighted by Gasteiger charge is -2.15. The number of hydrogen-bond donors (Lipinski definition) is 2. The van der Waals surface area contributed by atoms with E-state index in [9.17, 15) is 9.59 Å². The van der Waals surface area contributed by atoms with E-state index in [1.807, 2.05) is 19.1 Å². The number of carbonyl (C=O) groups excluding carboxylic acids is 2. The average Bonchev–Trinajstić information content (AvgIpc) is 2.85. The summed E-state index contributed by atoms with van der Waals surface area (Å²) in [5.74, 6) is -0.0610. The summed E-state index contributed by atoms with van der Waals surface area (Å²) < 4.78 is 0. The van der Waals surface area contributed by atoms with E-state index >= 15 is 0 Å². The van der Waals surface area contributed by atoms with Crippen LogP contribution < -0.4 is 15.5 Å². The molecular weight excluding hydrogens is 310 g/mol. The van der Waals surface area contributed by atoms with Gasteiger partial charge < -0.3 is 10.6 Å². The van der Waals surface area contributed by atoms with Crippen molar-refractivity contribution >= 4 is 39.2 Å². The number of rotatable bonds is 4. The Balaban J connectivity index is 2.02. The van der Waals surface area contributed by atoms with Gasteiger partial charge >= 0.3 is 6.03 Å². The molecule has 1 aliphatic heterocycles. The van der Waals surface area contributed by atoms with Crippen LogP contribution in [0.15, 0.2) is 24.3 Å². The van der Waals surface area contributed by atoms with E-state index in [0.29, 0.717) is 13.1 Å². The predicted molar refractivity (Wildman–Crippen MR) is 78.8 cm³/mol. The summed E-state index contributed by atoms with van der Waals surface area (Å²) in [6.07, 6.45) is 0.734. The van der Waals surface area contributed by atoms with E-state index in [1.165, 1.54) is 0 Å². The van der Waals surface area contributed by atoms with Crippen molar-refractivity contribution in [3.8, 4) is 0 Å². The Morgan fingerprint density at radius 1 is 1.47 bits per heavy atom. The second-order valence-corrected chi connectivity index (χ2v) is 5.40. The molecule has 6 heteroatoms. The zero-order valence-corrected chi connectivity index (χ0v) is 12.2. The highest BCUT2D eigenvalue weighted by Crippen LogP contribution is 2.20. The fraction of sp³-hybridized carbons (Fsp3) is 0.385. The van der Waals surface area contributed by atoms with Crippen molar-refractivity contribution in [2.24, 2.45) is 0 Å². The second kappa shape index (κ2) is 6.06. The van der Waals surface area contributed by atoms with Gasteiger partial charge in [0.25, 0.3) is 0 Å². The molecule has 5 nitrogen and oxygen atoms in total. The van der Waals surface area contributed by atoms with Crippen molar-refractivity contribution in [2.75, 3.05) is 23.3 Å². The first kappa shape index (κ1) is 13.9. The van der Waals surface area contributed by atoms with Crippen molar-refractivity contribution < 1.29 is 9.59 Å². The Morgan fingerprint density at radius 3 is 2.68 bits per heavy atom. The molecule has 102 valence electrons. The van der Waals surface area contributed by atoms with Crippen LogP contribution in [0.4, 0.5) is 16.2 Å². The number of nitrogens with zero attached hydrogens (tertiary/aromatic N) is 1. The van der Waals surface area contributed by atoms with Crippen LogP contribution in [-0.2, 0) is 4.79 Å². The molecule has 1 aromatic carbocycles. The first-order chi connectivity index (χ1) is 9.11. The zero-order chi connectivity index (χ0) is 13.8. The zero-order valence-electron chi connectivity index (χ0n) is 10.6. The van der Waals surface area contributed by atoms with Crippen LogP contribution >= 0.6 is 15.9 Å². The molecular formula is C13H16BrN3O2. The van der Waals surface area contributed by atoms with Crippen LogP contribution in [0.2, 0.25) is 0 Å². The third-order valence-electron chi connectivity index (χ3n) is 2.95. The number of carbonyl (C=O) groups is 2. The van der Waals surface area contributed by atoms with E-state index < -0.39 is 0 Å². The number of nitrogens with one attached hydrogen (secondary N) is 2. The lowest BCUT2D eigenvalue weighted by Crippen LogP contribution is -2.27. The molecule has 1 unspecified atom stereocenters. The summed E-state index contributed by atoms with van der Waals surface area (Å²) in [4.78, 5) is 24.7. The van der Waals surface area contributed by atoms with Crippen LogP contribution in [0, 0.1) is 0 Å². The van der Waals surface area contributed by atoms with E-state index in [-0.39, 0.29) is 16.8 Å². The van der Waals surface area contributed by atoms with Gasteiger partial charge in [-0.2, -0.15) is 0 Å². The maximum Gasteiger partial charge on any atom is 0.321 e. The first-order valence-corrected chi connectivity index (χ1v) is 7.13. The van der Waals surface area contributed by atoms with Crippen molar-refractivity contribution in [2.45, 2.75) is 18.2 Å². The second-order valence-electron chi connectivity index (χ2n) is 4.30. The molecule has 0 aliphatic carbocycles. The molecule has 0 aromatic heterocycles. The van der Waals surface area contributed by atoms with Crippen LogP contribution in [0.3, 0.4) is 0 Å². The first-order valence-electron chi connectivity index (χ1n) is 6.22. The number of amides is 3. The fourth-order valence-electron chi connectivity index (χ4n) is 1.85. The van der Waals surface area contributed by atoms with Gasteiger partial charge in [-0.05, 0) is 30.7 Å². The summed E-state index contributed by atoms with van der Waals surface area (Å²) in [5.41, 5.74) is 1.56. The molecule has 1 fully saturated rings. The van der Waals surface area contributed by atoms with Crippen molar-refractivity contribution in [3.63, 3.8) is 0 Å². The molecule has 0 radical (unpaired) electrons. The van der Waals surface area contributed by atoms with Gasteiger partial charge in [-0.3, -0.25) is 9.69 Å². The van der Waals surface area contributed by atoms with Gasteiger partial charge in [0.1, 0.15) is 0 Å². The molecule has 0 saturated carbocycles. The molecule has 1 aromatic rings. The topological polar surface area (TPSA) is 61.4 Å². The minimum absolute atomic E-state index is 0.0610. The Morgan fingerprint density at radius 2 is 2.16 bits per heavy atom. The van der Waals surface area contributed by atoms with Crippen molar-refractivity contribution in [3.05, 3.63) is 24.3 Å². The van der Waals surface area contributed by atoms with Crippen LogP contribution in [0.5, 0.6) is 0 Å². The van der Waals surface area contributed by atoms with Crippen LogP contribution in [-0.4, -0.2) is 29.9 Å². The third kappa shape index (κ3) is 3.26. The van der Waals surface area contributed by atoms with E-state index in [1.54, 1.807) is 17.0 Å². The maximum atomic E-state index is 11.7. The number of urea groups is 1. The number of alkyl halides is 1. The summed E-state index contributed by atoms with van der Waals surface area (Å²) in [6.45, 7) is 3.27. The largest absolute Gasteiger partial charge is 0.336 e. The van der Waals surface area contributed by atoms with Crippen LogP contribution in [0.1, 0.15) is 13.3 Å². The molecule has 0 spiro atoms. The molecule has 19 heavy (non-hydrogen) atoms. The SMILES string of the molecule is CCC(Br)C(=O)Nc1ccc(N2CCNC2=O)cc1. The van der Waals surface area contributed by atoms with E-state index in [0.717, 1.165) is 17.8 Å². The molecule has 3 amide bonds. The van der Waals surface area contributed by atoms with Gasteiger partial charge in [0, 0.05) is 24.5 Å². The number of anilines is 2. The van der Waals surface area contributed by atoms with Crippen LogP contribution in [0.25, 0.3) is 0 Å². The normalized spacial score (nSPS) is 16.1. The van der Waals surface area contributed by atoms with Crippen molar-refractivity contribution in [1.29, 1.82) is 0 Å². The minimum atomic E-state index is -0.184. The molecule has 1 heterocycles. The van der Waals surface area contributed by atoms with Crippen molar-refractivity contribution in [1.82, 2.24) is 5.32 Å². The molecule has 0 bridgehead atoms. The summed E-state index contributed by atoms with van der Waals surface area (Å²) in [5, 5.41) is 5.57. The lowest BCUT2D eigenvalue weighted by atomic mass is 10.2. The van der Waals surface area contributed by atoms with E-state index in [2.05, 4.69) is 26.6 Å². The number of benzene rings is 1. The van der Waals surface area contributed by atoms with Gasteiger partial charge in [-0.1, -0.05) is 22.9 Å². The summed E-state index contributed by atoms with van der Waals surface area (Å²) in [7, 11) is 0. The fourth-order valence-corrected chi connectivity index (χ4v) is 1.96. The monoisotopic (exact) mass is 325 g/mol. The van der Waals surface area contributed by atoms with Gasteiger partial charge in [0.05, 0.1) is 4.83 Å². The smallest absolute Gasteiger partial charge is 0.321 e. The third-order valence-corrected chi connectivity index (χ3v) is 4.01. The summed E-state index contributed by atoms with van der Waals surface area (Å²) in [6, 6.07) is 7.18. The minimum Gasteiger partial charge on any atom is -0.336 e. The Bertz CT molecular complexity index is 475. The van der Waals surface area contributed by atoms with Gasteiger partial charge in [0.2, 0.25) is 5.91 Å². The quantitative estimate of drug-likeness (QED) is 0.834. The Kier molecular flexibility index (Phi) is 4.42. The molecule has 2 rings (SSSR count). The predicted octanol–water partition coefficient (Wildman–Crippen LogP) is 2.33. The number of hydrogen-bond acceptors (Lipinski definition) is 2. The molecule has 1 aliphatic rings. The maximum absolute atomic E-state index is 11.7. The average molecular weight is 326 g/mol. The standard InChI is InChI=1S/C13H16BrN3O2/c1-2-11(14)12(18)16-9-3-5-10(6-4-9)17-8-7-15-13(17)19/h3-6,11H,2,7-8H2,1H3,(H,15,19)(H,16,18). The summed E-state index contributed by atoms with van der Waals surface area (Å²) >= 11 is 3.30. The highest BCUT2D eigenvalue weighted by molar-refractivity contribution is 9.10. The number of halogens is 1. The van der Waals surface area contributed by atoms with Gasteiger partial charge in [0.15, 0.2) is 0 Å². The Labute approximate surface area is 120 Å². The Hall–Kier alpha value is -1.56. The molecule has 1 saturated heterocycles. The van der Waals surface area contributed by atoms with Gasteiger partial charge in [-0.15, -0.1) is 0 Å². The lowest BCUT2D eigenvalue weighted by molar-refractivity contribution is -0.115. The van der Waals surface area contributed by atoms with E-state index in [4.69, 9.17) is 0 Å².